The average Bonchev–Trinajstić information content (AvgIpc) is 2.62. The number of carbonyl (C=O) groups is 1. The van der Waals surface area contributed by atoms with Crippen molar-refractivity contribution in [3.05, 3.63) is 48.0 Å². The Hall–Kier alpha value is -2.66. The van der Waals surface area contributed by atoms with Gasteiger partial charge >= 0.3 is 0 Å². The van der Waals surface area contributed by atoms with Crippen molar-refractivity contribution in [3.8, 4) is 5.75 Å². The molecule has 3 rings (SSSR count). The van der Waals surface area contributed by atoms with Crippen LogP contribution in [0.15, 0.2) is 42.5 Å². The summed E-state index contributed by atoms with van der Waals surface area (Å²) in [6, 6.07) is 13.5. The van der Waals surface area contributed by atoms with Crippen molar-refractivity contribution < 1.29 is 9.53 Å². The summed E-state index contributed by atoms with van der Waals surface area (Å²) in [7, 11) is 3.53. The number of benzene rings is 2. The standard InChI is InChI=1S/C19H21N3O2/c1-20-9-4-10-21-19(23)16-6-3-5-14-11-13-7-8-15(24-2)12-17(13)22-18(14)16/h3,5-8,11-12,20H,4,9-10H2,1-2H3,(H,21,23). The molecule has 0 spiro atoms. The van der Waals surface area contributed by atoms with E-state index < -0.39 is 0 Å². The number of amides is 1. The van der Waals surface area contributed by atoms with Gasteiger partial charge in [0, 0.05) is 23.4 Å². The molecule has 0 radical (unpaired) electrons. The monoisotopic (exact) mass is 323 g/mol. The van der Waals surface area contributed by atoms with Crippen molar-refractivity contribution >= 4 is 27.7 Å². The highest BCUT2D eigenvalue weighted by Gasteiger charge is 2.12. The van der Waals surface area contributed by atoms with Gasteiger partial charge in [-0.1, -0.05) is 12.1 Å². The van der Waals surface area contributed by atoms with Crippen LogP contribution in [0.5, 0.6) is 5.75 Å². The molecule has 0 saturated heterocycles. The predicted octanol–water partition coefficient (Wildman–Crippen LogP) is 2.74. The SMILES string of the molecule is CNCCCNC(=O)c1cccc2cc3ccc(OC)cc3nc12. The van der Waals surface area contributed by atoms with E-state index in [4.69, 9.17) is 9.72 Å². The van der Waals surface area contributed by atoms with Crippen LogP contribution in [0.1, 0.15) is 16.8 Å². The maximum Gasteiger partial charge on any atom is 0.253 e. The first kappa shape index (κ1) is 16.2. The second kappa shape index (κ2) is 7.27. The normalized spacial score (nSPS) is 10.9. The minimum absolute atomic E-state index is 0.0913. The summed E-state index contributed by atoms with van der Waals surface area (Å²) in [4.78, 5) is 17.2. The van der Waals surface area contributed by atoms with Crippen molar-refractivity contribution in [1.82, 2.24) is 15.6 Å². The van der Waals surface area contributed by atoms with Gasteiger partial charge in [0.15, 0.2) is 0 Å². The van der Waals surface area contributed by atoms with Gasteiger partial charge in [-0.05, 0) is 44.3 Å². The third-order valence-corrected chi connectivity index (χ3v) is 3.98. The highest BCUT2D eigenvalue weighted by molar-refractivity contribution is 6.07. The number of pyridine rings is 1. The van der Waals surface area contributed by atoms with Crippen LogP contribution in [0, 0.1) is 0 Å². The summed E-state index contributed by atoms with van der Waals surface area (Å²) in [6.07, 6.45) is 0.889. The Balaban J connectivity index is 1.98. The highest BCUT2D eigenvalue weighted by atomic mass is 16.5. The second-order valence-electron chi connectivity index (χ2n) is 5.64. The molecule has 1 aromatic heterocycles. The van der Waals surface area contributed by atoms with E-state index in [9.17, 15) is 4.79 Å². The lowest BCUT2D eigenvalue weighted by atomic mass is 10.1. The Morgan fingerprint density at radius 3 is 2.79 bits per heavy atom. The molecule has 0 saturated carbocycles. The Bertz CT molecular complexity index is 877. The number of ether oxygens (including phenoxy) is 1. The zero-order valence-corrected chi connectivity index (χ0v) is 13.9. The number of fused-ring (bicyclic) bond motifs is 2. The van der Waals surface area contributed by atoms with Crippen LogP contribution in [0.25, 0.3) is 21.8 Å². The van der Waals surface area contributed by atoms with Gasteiger partial charge in [0.25, 0.3) is 5.91 Å². The maximum atomic E-state index is 12.5. The van der Waals surface area contributed by atoms with Crippen molar-refractivity contribution in [2.75, 3.05) is 27.2 Å². The van der Waals surface area contributed by atoms with Gasteiger partial charge in [-0.25, -0.2) is 4.98 Å². The minimum atomic E-state index is -0.0913. The molecule has 1 amide bonds. The molecule has 5 nitrogen and oxygen atoms in total. The second-order valence-corrected chi connectivity index (χ2v) is 5.64. The van der Waals surface area contributed by atoms with Crippen LogP contribution < -0.4 is 15.4 Å². The van der Waals surface area contributed by atoms with E-state index >= 15 is 0 Å². The number of hydrogen-bond donors (Lipinski definition) is 2. The van der Waals surface area contributed by atoms with Gasteiger partial charge in [0.2, 0.25) is 0 Å². The fraction of sp³-hybridized carbons (Fsp3) is 0.263. The summed E-state index contributed by atoms with van der Waals surface area (Å²) >= 11 is 0. The van der Waals surface area contributed by atoms with E-state index in [0.29, 0.717) is 17.6 Å². The van der Waals surface area contributed by atoms with Crippen LogP contribution in [0.4, 0.5) is 0 Å². The number of nitrogens with one attached hydrogen (secondary N) is 2. The molecule has 5 heteroatoms. The lowest BCUT2D eigenvalue weighted by Crippen LogP contribution is -2.26. The number of hydrogen-bond acceptors (Lipinski definition) is 4. The van der Waals surface area contributed by atoms with Crippen LogP contribution >= 0.6 is 0 Å². The van der Waals surface area contributed by atoms with Crippen LogP contribution in [-0.2, 0) is 0 Å². The van der Waals surface area contributed by atoms with E-state index in [1.54, 1.807) is 7.11 Å². The average molecular weight is 323 g/mol. The molecule has 3 aromatic rings. The Kier molecular flexibility index (Phi) is 4.91. The summed E-state index contributed by atoms with van der Waals surface area (Å²) in [5.41, 5.74) is 2.13. The Morgan fingerprint density at radius 1 is 1.12 bits per heavy atom. The molecular weight excluding hydrogens is 302 g/mol. The molecule has 0 bridgehead atoms. The summed E-state index contributed by atoms with van der Waals surface area (Å²) in [5, 5.41) is 8.00. The van der Waals surface area contributed by atoms with Crippen LogP contribution in [0.2, 0.25) is 0 Å². The molecule has 0 atom stereocenters. The molecule has 2 aromatic carbocycles. The maximum absolute atomic E-state index is 12.5. The molecular formula is C19H21N3O2. The molecule has 0 fully saturated rings. The summed E-state index contributed by atoms with van der Waals surface area (Å²) in [6.45, 7) is 1.51. The number of nitrogens with zero attached hydrogens (tertiary/aromatic N) is 1. The number of methoxy groups -OCH3 is 1. The fourth-order valence-electron chi connectivity index (χ4n) is 2.71. The third kappa shape index (κ3) is 3.31. The number of para-hydroxylation sites is 1. The molecule has 0 unspecified atom stereocenters. The van der Waals surface area contributed by atoms with Crippen LogP contribution in [-0.4, -0.2) is 38.1 Å². The van der Waals surface area contributed by atoms with E-state index in [-0.39, 0.29) is 5.91 Å². The Labute approximate surface area is 141 Å². The summed E-state index contributed by atoms with van der Waals surface area (Å²) < 4.78 is 5.26. The first-order valence-corrected chi connectivity index (χ1v) is 8.03. The van der Waals surface area contributed by atoms with Crippen molar-refractivity contribution in [2.45, 2.75) is 6.42 Å². The number of aromatic nitrogens is 1. The van der Waals surface area contributed by atoms with Gasteiger partial charge in [-0.3, -0.25) is 4.79 Å². The molecule has 0 aliphatic heterocycles. The van der Waals surface area contributed by atoms with Crippen molar-refractivity contribution in [3.63, 3.8) is 0 Å². The minimum Gasteiger partial charge on any atom is -0.497 e. The largest absolute Gasteiger partial charge is 0.497 e. The van der Waals surface area contributed by atoms with E-state index in [1.165, 1.54) is 0 Å². The molecule has 2 N–H and O–H groups in total. The van der Waals surface area contributed by atoms with Crippen LogP contribution in [0.3, 0.4) is 0 Å². The van der Waals surface area contributed by atoms with Gasteiger partial charge in [0.05, 0.1) is 23.7 Å². The lowest BCUT2D eigenvalue weighted by molar-refractivity contribution is 0.0955. The molecule has 1 heterocycles. The number of carbonyl (C=O) groups excluding carboxylic acids is 1. The lowest BCUT2D eigenvalue weighted by Gasteiger charge is -2.09. The first-order chi connectivity index (χ1) is 11.7. The van der Waals surface area contributed by atoms with E-state index in [1.807, 2.05) is 43.4 Å². The predicted molar refractivity (Wildman–Crippen MR) is 96.7 cm³/mol. The number of rotatable bonds is 6. The molecule has 124 valence electrons. The zero-order valence-electron chi connectivity index (χ0n) is 13.9. The topological polar surface area (TPSA) is 63.2 Å². The molecule has 0 aliphatic carbocycles. The first-order valence-electron chi connectivity index (χ1n) is 8.03. The smallest absolute Gasteiger partial charge is 0.253 e. The van der Waals surface area contributed by atoms with Gasteiger partial charge in [0.1, 0.15) is 5.75 Å². The highest BCUT2D eigenvalue weighted by Crippen LogP contribution is 2.25. The Morgan fingerprint density at radius 2 is 2.00 bits per heavy atom. The van der Waals surface area contributed by atoms with Gasteiger partial charge < -0.3 is 15.4 Å². The quantitative estimate of drug-likeness (QED) is 0.541. The van der Waals surface area contributed by atoms with Gasteiger partial charge in [-0.15, -0.1) is 0 Å². The zero-order chi connectivity index (χ0) is 16.9. The van der Waals surface area contributed by atoms with E-state index in [2.05, 4.69) is 16.7 Å². The third-order valence-electron chi connectivity index (χ3n) is 3.98. The van der Waals surface area contributed by atoms with Crippen molar-refractivity contribution in [2.24, 2.45) is 0 Å². The van der Waals surface area contributed by atoms with Gasteiger partial charge in [-0.2, -0.15) is 0 Å². The fourth-order valence-corrected chi connectivity index (χ4v) is 2.71. The molecule has 24 heavy (non-hydrogen) atoms. The summed E-state index contributed by atoms with van der Waals surface area (Å²) in [5.74, 6) is 0.662. The van der Waals surface area contributed by atoms with Crippen molar-refractivity contribution in [1.29, 1.82) is 0 Å². The molecule has 0 aliphatic rings. The van der Waals surface area contributed by atoms with E-state index in [0.717, 1.165) is 35.0 Å².